The van der Waals surface area contributed by atoms with Crippen molar-refractivity contribution in [3.8, 4) is 5.69 Å². The minimum absolute atomic E-state index is 0.0424. The van der Waals surface area contributed by atoms with Crippen molar-refractivity contribution >= 4 is 29.1 Å². The summed E-state index contributed by atoms with van der Waals surface area (Å²) in [7, 11) is 0. The fraction of sp³-hybridized carbons (Fsp3) is 0.0556. The van der Waals surface area contributed by atoms with Gasteiger partial charge in [-0.05, 0) is 31.2 Å². The van der Waals surface area contributed by atoms with Crippen LogP contribution in [0.1, 0.15) is 26.4 Å². The highest BCUT2D eigenvalue weighted by Crippen LogP contribution is 2.18. The lowest BCUT2D eigenvalue weighted by Crippen LogP contribution is -2.41. The average molecular weight is 400 g/mol. The van der Waals surface area contributed by atoms with Gasteiger partial charge in [0.25, 0.3) is 17.5 Å². The van der Waals surface area contributed by atoms with E-state index in [0.717, 1.165) is 6.07 Å². The summed E-state index contributed by atoms with van der Waals surface area (Å²) in [5, 5.41) is 15.5. The summed E-state index contributed by atoms with van der Waals surface area (Å²) in [4.78, 5) is 34.7. The van der Waals surface area contributed by atoms with Gasteiger partial charge in [0.1, 0.15) is 0 Å². The number of non-ortho nitro benzene ring substituents is 1. The Morgan fingerprint density at radius 1 is 1.11 bits per heavy atom. The molecule has 0 aliphatic heterocycles. The number of nitrogens with zero attached hydrogens (tertiary/aromatic N) is 3. The van der Waals surface area contributed by atoms with E-state index in [1.165, 1.54) is 24.4 Å². The van der Waals surface area contributed by atoms with Crippen LogP contribution in [0.25, 0.3) is 5.69 Å². The lowest BCUT2D eigenvalue weighted by molar-refractivity contribution is -0.384. The highest BCUT2D eigenvalue weighted by Gasteiger charge is 2.17. The Hall–Kier alpha value is -3.72. The minimum atomic E-state index is -0.683. The predicted octanol–water partition coefficient (Wildman–Crippen LogP) is 2.82. The number of nitro benzene ring substituents is 1. The number of hydrazine groups is 1. The summed E-state index contributed by atoms with van der Waals surface area (Å²) in [6, 6.07) is 12.1. The molecule has 142 valence electrons. The SMILES string of the molecule is Cc1c(C(=O)NNC(=O)c2cccc([N+](=O)[O-])c2)cnn1-c1cccc(Cl)c1. The molecule has 0 atom stereocenters. The first-order chi connectivity index (χ1) is 13.4. The molecule has 0 aliphatic carbocycles. The molecule has 0 spiro atoms. The van der Waals surface area contributed by atoms with Gasteiger partial charge >= 0.3 is 0 Å². The third-order valence-electron chi connectivity index (χ3n) is 3.92. The number of halogens is 1. The monoisotopic (exact) mass is 399 g/mol. The van der Waals surface area contributed by atoms with Gasteiger partial charge in [-0.15, -0.1) is 0 Å². The van der Waals surface area contributed by atoms with Crippen molar-refractivity contribution in [2.75, 3.05) is 0 Å². The maximum absolute atomic E-state index is 12.4. The van der Waals surface area contributed by atoms with E-state index in [9.17, 15) is 19.7 Å². The summed E-state index contributed by atoms with van der Waals surface area (Å²) in [5.74, 6) is -1.26. The van der Waals surface area contributed by atoms with Gasteiger partial charge < -0.3 is 0 Å². The molecule has 0 fully saturated rings. The predicted molar refractivity (Wildman–Crippen MR) is 101 cm³/mol. The van der Waals surface area contributed by atoms with Crippen LogP contribution in [0, 0.1) is 17.0 Å². The first-order valence-corrected chi connectivity index (χ1v) is 8.40. The van der Waals surface area contributed by atoms with E-state index >= 15 is 0 Å². The second-order valence-corrected chi connectivity index (χ2v) is 6.19. The van der Waals surface area contributed by atoms with Gasteiger partial charge in [0.05, 0.1) is 28.1 Å². The second-order valence-electron chi connectivity index (χ2n) is 5.75. The van der Waals surface area contributed by atoms with Crippen molar-refractivity contribution in [2.45, 2.75) is 6.92 Å². The van der Waals surface area contributed by atoms with Crippen molar-refractivity contribution in [3.05, 3.63) is 86.7 Å². The highest BCUT2D eigenvalue weighted by atomic mass is 35.5. The second kappa shape index (κ2) is 7.89. The van der Waals surface area contributed by atoms with Gasteiger partial charge in [0, 0.05) is 22.7 Å². The molecule has 10 heteroatoms. The lowest BCUT2D eigenvalue weighted by Gasteiger charge is -2.08. The molecular formula is C18H14ClN5O4. The molecule has 9 nitrogen and oxygen atoms in total. The smallest absolute Gasteiger partial charge is 0.267 e. The van der Waals surface area contributed by atoms with Crippen molar-refractivity contribution in [1.29, 1.82) is 0 Å². The van der Waals surface area contributed by atoms with Crippen LogP contribution in [0.2, 0.25) is 5.02 Å². The third kappa shape index (κ3) is 3.99. The van der Waals surface area contributed by atoms with Gasteiger partial charge in [-0.25, -0.2) is 4.68 Å². The zero-order chi connectivity index (χ0) is 20.3. The molecule has 2 N–H and O–H groups in total. The first-order valence-electron chi connectivity index (χ1n) is 8.02. The normalized spacial score (nSPS) is 10.4. The Bertz CT molecular complexity index is 1080. The molecule has 3 aromatic rings. The van der Waals surface area contributed by atoms with E-state index in [0.29, 0.717) is 16.4 Å². The number of aromatic nitrogens is 2. The molecule has 1 aromatic heterocycles. The molecule has 0 aliphatic rings. The molecule has 0 saturated heterocycles. The van der Waals surface area contributed by atoms with Gasteiger partial charge in [-0.3, -0.25) is 30.6 Å². The van der Waals surface area contributed by atoms with Crippen LogP contribution in [0.5, 0.6) is 0 Å². The largest absolute Gasteiger partial charge is 0.273 e. The van der Waals surface area contributed by atoms with Crippen molar-refractivity contribution in [2.24, 2.45) is 0 Å². The number of hydrogen-bond acceptors (Lipinski definition) is 5. The number of hydrogen-bond donors (Lipinski definition) is 2. The minimum Gasteiger partial charge on any atom is -0.267 e. The number of nitro groups is 1. The molecular weight excluding hydrogens is 386 g/mol. The number of rotatable bonds is 4. The molecule has 0 bridgehead atoms. The van der Waals surface area contributed by atoms with E-state index in [2.05, 4.69) is 16.0 Å². The Morgan fingerprint density at radius 2 is 1.82 bits per heavy atom. The van der Waals surface area contributed by atoms with Gasteiger partial charge in [-0.1, -0.05) is 23.7 Å². The zero-order valence-electron chi connectivity index (χ0n) is 14.5. The number of carbonyl (C=O) groups excluding carboxylic acids is 2. The van der Waals surface area contributed by atoms with Crippen LogP contribution in [-0.2, 0) is 0 Å². The number of amides is 2. The summed E-state index contributed by atoms with van der Waals surface area (Å²) in [6.45, 7) is 1.70. The van der Waals surface area contributed by atoms with Crippen LogP contribution >= 0.6 is 11.6 Å². The topological polar surface area (TPSA) is 119 Å². The maximum Gasteiger partial charge on any atom is 0.273 e. The van der Waals surface area contributed by atoms with Gasteiger partial charge in [0.2, 0.25) is 0 Å². The van der Waals surface area contributed by atoms with E-state index in [1.807, 2.05) is 0 Å². The Balaban J connectivity index is 1.71. The van der Waals surface area contributed by atoms with Gasteiger partial charge in [-0.2, -0.15) is 5.10 Å². The zero-order valence-corrected chi connectivity index (χ0v) is 15.3. The lowest BCUT2D eigenvalue weighted by atomic mass is 10.2. The van der Waals surface area contributed by atoms with Crippen LogP contribution in [0.15, 0.2) is 54.7 Å². The summed E-state index contributed by atoms with van der Waals surface area (Å²) in [5.41, 5.74) is 5.80. The average Bonchev–Trinajstić information content (AvgIpc) is 3.07. The number of nitrogens with one attached hydrogen (secondary N) is 2. The maximum atomic E-state index is 12.4. The van der Waals surface area contributed by atoms with E-state index in [4.69, 9.17) is 11.6 Å². The molecule has 1 heterocycles. The molecule has 0 radical (unpaired) electrons. The summed E-state index contributed by atoms with van der Waals surface area (Å²) >= 11 is 5.98. The molecule has 0 unspecified atom stereocenters. The third-order valence-corrected chi connectivity index (χ3v) is 4.15. The Morgan fingerprint density at radius 3 is 2.54 bits per heavy atom. The fourth-order valence-electron chi connectivity index (χ4n) is 2.51. The summed E-state index contributed by atoms with van der Waals surface area (Å²) in [6.07, 6.45) is 1.37. The Kier molecular flexibility index (Phi) is 5.37. The first kappa shape index (κ1) is 19.1. The van der Waals surface area contributed by atoms with Gasteiger partial charge in [0.15, 0.2) is 0 Å². The van der Waals surface area contributed by atoms with Crippen LogP contribution in [0.3, 0.4) is 0 Å². The van der Waals surface area contributed by atoms with E-state index in [-0.39, 0.29) is 16.8 Å². The van der Waals surface area contributed by atoms with Crippen LogP contribution < -0.4 is 10.9 Å². The quantitative estimate of drug-likeness (QED) is 0.516. The number of benzene rings is 2. The molecule has 0 saturated carbocycles. The van der Waals surface area contributed by atoms with Crippen molar-refractivity contribution in [1.82, 2.24) is 20.6 Å². The molecule has 2 aromatic carbocycles. The molecule has 2 amide bonds. The van der Waals surface area contributed by atoms with E-state index in [1.54, 1.807) is 35.9 Å². The number of carbonyl (C=O) groups is 2. The van der Waals surface area contributed by atoms with Crippen LogP contribution in [-0.4, -0.2) is 26.5 Å². The van der Waals surface area contributed by atoms with Crippen LogP contribution in [0.4, 0.5) is 5.69 Å². The fourth-order valence-corrected chi connectivity index (χ4v) is 2.70. The molecule has 3 rings (SSSR count). The Labute approximate surface area is 164 Å². The standard InChI is InChI=1S/C18H14ClN5O4/c1-11-16(10-20-23(11)14-6-3-5-13(19)9-14)18(26)22-21-17(25)12-4-2-7-15(8-12)24(27)28/h2-10H,1H3,(H,21,25)(H,22,26). The van der Waals surface area contributed by atoms with Crippen molar-refractivity contribution in [3.63, 3.8) is 0 Å². The highest BCUT2D eigenvalue weighted by molar-refractivity contribution is 6.30. The summed E-state index contributed by atoms with van der Waals surface area (Å²) < 4.78 is 1.54. The van der Waals surface area contributed by atoms with Crippen molar-refractivity contribution < 1.29 is 14.5 Å². The van der Waals surface area contributed by atoms with E-state index < -0.39 is 16.7 Å². The molecule has 28 heavy (non-hydrogen) atoms.